The smallest absolute Gasteiger partial charge is 0.318 e. The third-order valence-electron chi connectivity index (χ3n) is 7.88. The highest BCUT2D eigenvalue weighted by atomic mass is 32.2. The standard InChI is InChI=1S/C32H46N6O5S/c1-23(2)22-38(44(41,42)27-13-11-26(33)12-14-27)24(3)8-6-7-15-34-31(39)30(36-32(40)37-16-18-43-19-17-37)20-25-21-35-29-10-5-4-9-28(25)29/h4-5,9-14,21,23-24,30,35H,6-8,15-20,22,33H2,1-3H3,(H,34,39)(H,36,40)/t24-,30+/m1/s1. The third-order valence-corrected chi connectivity index (χ3v) is 9.88. The van der Waals surface area contributed by atoms with E-state index in [0.29, 0.717) is 64.3 Å². The zero-order valence-corrected chi connectivity index (χ0v) is 26.7. The number of nitrogen functional groups attached to an aromatic ring is 1. The maximum absolute atomic E-state index is 13.5. The molecule has 1 aliphatic rings. The Hall–Kier alpha value is -3.61. The van der Waals surface area contributed by atoms with Gasteiger partial charge in [-0.3, -0.25) is 4.79 Å². The fourth-order valence-corrected chi connectivity index (χ4v) is 7.25. The minimum atomic E-state index is -3.69. The summed E-state index contributed by atoms with van der Waals surface area (Å²) in [5, 5.41) is 6.95. The average Bonchev–Trinajstić information content (AvgIpc) is 3.42. The Morgan fingerprint density at radius 3 is 2.45 bits per heavy atom. The third kappa shape index (κ3) is 8.73. The van der Waals surface area contributed by atoms with Gasteiger partial charge in [-0.1, -0.05) is 38.5 Å². The molecule has 4 rings (SSSR count). The van der Waals surface area contributed by atoms with E-state index in [4.69, 9.17) is 10.5 Å². The van der Waals surface area contributed by atoms with Crippen molar-refractivity contribution in [1.29, 1.82) is 0 Å². The number of aromatic amines is 1. The quantitative estimate of drug-likeness (QED) is 0.158. The van der Waals surface area contributed by atoms with E-state index in [0.717, 1.165) is 22.9 Å². The van der Waals surface area contributed by atoms with Gasteiger partial charge >= 0.3 is 6.03 Å². The molecule has 3 aromatic rings. The number of morpholine rings is 1. The van der Waals surface area contributed by atoms with Crippen molar-refractivity contribution in [1.82, 2.24) is 24.8 Å². The molecule has 12 heteroatoms. The number of unbranched alkanes of at least 4 members (excludes halogenated alkanes) is 1. The average molecular weight is 627 g/mol. The molecule has 1 saturated heterocycles. The van der Waals surface area contributed by atoms with Gasteiger partial charge in [0.15, 0.2) is 0 Å². The number of amides is 3. The van der Waals surface area contributed by atoms with Crippen molar-refractivity contribution in [2.45, 2.75) is 63.4 Å². The minimum absolute atomic E-state index is 0.155. The van der Waals surface area contributed by atoms with Gasteiger partial charge in [-0.2, -0.15) is 4.31 Å². The molecule has 44 heavy (non-hydrogen) atoms. The molecule has 1 aromatic heterocycles. The van der Waals surface area contributed by atoms with Crippen LogP contribution in [0.3, 0.4) is 0 Å². The first kappa shape index (κ1) is 33.3. The second-order valence-corrected chi connectivity index (χ2v) is 13.7. The number of benzene rings is 2. The summed E-state index contributed by atoms with van der Waals surface area (Å²) in [6.07, 6.45) is 4.26. The molecule has 0 unspecified atom stereocenters. The summed E-state index contributed by atoms with van der Waals surface area (Å²) >= 11 is 0. The Balaban J connectivity index is 1.34. The number of nitrogens with zero attached hydrogens (tertiary/aromatic N) is 2. The van der Waals surface area contributed by atoms with Crippen LogP contribution in [0.5, 0.6) is 0 Å². The Morgan fingerprint density at radius 2 is 1.75 bits per heavy atom. The number of ether oxygens (including phenoxy) is 1. The van der Waals surface area contributed by atoms with E-state index in [-0.39, 0.29) is 28.8 Å². The lowest BCUT2D eigenvalue weighted by Gasteiger charge is -2.30. The molecule has 0 bridgehead atoms. The van der Waals surface area contributed by atoms with Crippen molar-refractivity contribution in [3.8, 4) is 0 Å². The summed E-state index contributed by atoms with van der Waals surface area (Å²) in [5.74, 6) is -0.0978. The lowest BCUT2D eigenvalue weighted by Crippen LogP contribution is -2.54. The van der Waals surface area contributed by atoms with Crippen LogP contribution >= 0.6 is 0 Å². The summed E-state index contributed by atoms with van der Waals surface area (Å²) < 4.78 is 33.9. The van der Waals surface area contributed by atoms with Crippen LogP contribution in [-0.2, 0) is 26.0 Å². The van der Waals surface area contributed by atoms with E-state index in [9.17, 15) is 18.0 Å². The highest BCUT2D eigenvalue weighted by molar-refractivity contribution is 7.89. The molecule has 0 spiro atoms. The van der Waals surface area contributed by atoms with Crippen molar-refractivity contribution >= 4 is 38.6 Å². The van der Waals surface area contributed by atoms with Crippen molar-refractivity contribution < 1.29 is 22.7 Å². The van der Waals surface area contributed by atoms with Gasteiger partial charge in [0.2, 0.25) is 15.9 Å². The van der Waals surface area contributed by atoms with Gasteiger partial charge in [-0.25, -0.2) is 13.2 Å². The highest BCUT2D eigenvalue weighted by Crippen LogP contribution is 2.23. The predicted molar refractivity (Wildman–Crippen MR) is 173 cm³/mol. The van der Waals surface area contributed by atoms with Gasteiger partial charge in [0.1, 0.15) is 6.04 Å². The second kappa shape index (κ2) is 15.4. The van der Waals surface area contributed by atoms with Crippen molar-refractivity contribution in [3.05, 3.63) is 60.3 Å². The summed E-state index contributed by atoms with van der Waals surface area (Å²) in [6, 6.07) is 12.9. The Bertz CT molecular complexity index is 1480. The normalized spacial score (nSPS) is 15.4. The molecule has 1 aliphatic heterocycles. The second-order valence-electron chi connectivity index (χ2n) is 11.8. The van der Waals surface area contributed by atoms with Gasteiger partial charge < -0.3 is 31.0 Å². The number of carbonyl (C=O) groups excluding carboxylic acids is 2. The Labute approximate surface area is 260 Å². The van der Waals surface area contributed by atoms with Crippen LogP contribution < -0.4 is 16.4 Å². The molecule has 0 aliphatic carbocycles. The topological polar surface area (TPSA) is 150 Å². The molecule has 2 atom stereocenters. The first-order valence-corrected chi connectivity index (χ1v) is 16.8. The van der Waals surface area contributed by atoms with E-state index >= 15 is 0 Å². The van der Waals surface area contributed by atoms with Gasteiger partial charge in [-0.05, 0) is 61.6 Å². The number of fused-ring (bicyclic) bond motifs is 1. The number of carbonyl (C=O) groups is 2. The van der Waals surface area contributed by atoms with Crippen LogP contribution in [0, 0.1) is 5.92 Å². The van der Waals surface area contributed by atoms with Gasteiger partial charge in [-0.15, -0.1) is 0 Å². The number of H-pyrrole nitrogens is 1. The largest absolute Gasteiger partial charge is 0.399 e. The summed E-state index contributed by atoms with van der Waals surface area (Å²) in [7, 11) is -3.69. The molecule has 0 saturated carbocycles. The molecule has 240 valence electrons. The highest BCUT2D eigenvalue weighted by Gasteiger charge is 2.30. The van der Waals surface area contributed by atoms with Gasteiger partial charge in [0, 0.05) is 61.4 Å². The summed E-state index contributed by atoms with van der Waals surface area (Å²) in [4.78, 5) is 31.5. The lowest BCUT2D eigenvalue weighted by molar-refractivity contribution is -0.123. The van der Waals surface area contributed by atoms with Crippen molar-refractivity contribution in [3.63, 3.8) is 0 Å². The fraction of sp³-hybridized carbons (Fsp3) is 0.500. The lowest BCUT2D eigenvalue weighted by atomic mass is 10.0. The van der Waals surface area contributed by atoms with E-state index in [1.165, 1.54) is 0 Å². The Morgan fingerprint density at radius 1 is 1.05 bits per heavy atom. The summed E-state index contributed by atoms with van der Waals surface area (Å²) in [5.41, 5.74) is 8.20. The van der Waals surface area contributed by atoms with Crippen LogP contribution in [0.15, 0.2) is 59.6 Å². The number of anilines is 1. The predicted octanol–water partition coefficient (Wildman–Crippen LogP) is 3.72. The number of aromatic nitrogens is 1. The number of para-hydroxylation sites is 1. The maximum atomic E-state index is 13.5. The molecule has 3 amide bonds. The number of hydrogen-bond donors (Lipinski definition) is 4. The van der Waals surface area contributed by atoms with Crippen LogP contribution in [0.1, 0.15) is 45.6 Å². The molecular weight excluding hydrogens is 580 g/mol. The van der Waals surface area contributed by atoms with Crippen molar-refractivity contribution in [2.24, 2.45) is 5.92 Å². The minimum Gasteiger partial charge on any atom is -0.399 e. The molecule has 1 fully saturated rings. The van der Waals surface area contributed by atoms with E-state index in [2.05, 4.69) is 15.6 Å². The molecular formula is C32H46N6O5S. The Kier molecular flexibility index (Phi) is 11.7. The van der Waals surface area contributed by atoms with Gasteiger partial charge in [0.05, 0.1) is 18.1 Å². The summed E-state index contributed by atoms with van der Waals surface area (Å²) in [6.45, 7) is 8.65. The molecule has 11 nitrogen and oxygen atoms in total. The number of sulfonamides is 1. The monoisotopic (exact) mass is 626 g/mol. The van der Waals surface area contributed by atoms with Crippen LogP contribution in [0.25, 0.3) is 10.9 Å². The number of hydrogen-bond acceptors (Lipinski definition) is 6. The van der Waals surface area contributed by atoms with E-state index < -0.39 is 16.1 Å². The fourth-order valence-electron chi connectivity index (χ4n) is 5.43. The van der Waals surface area contributed by atoms with E-state index in [1.54, 1.807) is 33.5 Å². The number of urea groups is 1. The van der Waals surface area contributed by atoms with Crippen LogP contribution in [0.4, 0.5) is 10.5 Å². The van der Waals surface area contributed by atoms with Crippen molar-refractivity contribution in [2.75, 3.05) is 45.1 Å². The zero-order valence-electron chi connectivity index (χ0n) is 25.9. The van der Waals surface area contributed by atoms with Gasteiger partial charge in [0.25, 0.3) is 0 Å². The van der Waals surface area contributed by atoms with Crippen LogP contribution in [-0.4, -0.2) is 86.0 Å². The molecule has 5 N–H and O–H groups in total. The first-order valence-electron chi connectivity index (χ1n) is 15.4. The maximum Gasteiger partial charge on any atom is 0.318 e. The first-order chi connectivity index (χ1) is 21.1. The molecule has 0 radical (unpaired) electrons. The zero-order chi connectivity index (χ0) is 31.7. The SMILES string of the molecule is CC(C)CN([C@H](C)CCCCNC(=O)[C@H](Cc1c[nH]c2ccccc12)NC(=O)N1CCOCC1)S(=O)(=O)c1ccc(N)cc1. The number of rotatable bonds is 14. The molecule has 2 heterocycles. The number of nitrogens with two attached hydrogens (primary N) is 1. The number of nitrogens with one attached hydrogen (secondary N) is 3. The molecule has 2 aromatic carbocycles. The van der Waals surface area contributed by atoms with E-state index in [1.807, 2.05) is 51.2 Å². The van der Waals surface area contributed by atoms with Crippen LogP contribution in [0.2, 0.25) is 0 Å².